The van der Waals surface area contributed by atoms with Crippen LogP contribution in [0.25, 0.3) is 0 Å². The Hall–Kier alpha value is -1.76. The van der Waals surface area contributed by atoms with E-state index in [1.165, 1.54) is 0 Å². The maximum Gasteiger partial charge on any atom is 0.460 e. The molecule has 0 aliphatic rings. The van der Waals surface area contributed by atoms with Gasteiger partial charge < -0.3 is 0 Å². The summed E-state index contributed by atoms with van der Waals surface area (Å²) < 4.78 is 622. The van der Waals surface area contributed by atoms with E-state index in [0.717, 1.165) is 0 Å². The highest BCUT2D eigenvalue weighted by Gasteiger charge is 3.01. The molecule has 78 heavy (non-hydrogen) atoms. The highest BCUT2D eigenvalue weighted by molar-refractivity contribution is 14.1. The van der Waals surface area contributed by atoms with Crippen LogP contribution >= 0.6 is 45.2 Å². The summed E-state index contributed by atoms with van der Waals surface area (Å²) in [6.45, 7) is 0. The van der Waals surface area contributed by atoms with Crippen molar-refractivity contribution in [2.45, 2.75) is 177 Å². The molecule has 0 bridgehead atoms. The van der Waals surface area contributed by atoms with Gasteiger partial charge in [0.05, 0.1) is 0 Å². The van der Waals surface area contributed by atoms with Crippen molar-refractivity contribution in [2.75, 3.05) is 0 Å². The minimum atomic E-state index is -9.74. The third-order valence-corrected chi connectivity index (χ3v) is 12.3. The Kier molecular flexibility index (Phi) is 20.0. The van der Waals surface area contributed by atoms with E-state index in [1.54, 1.807) is 0 Å². The summed E-state index contributed by atoms with van der Waals surface area (Å²) in [4.78, 5) is 0. The topological polar surface area (TPSA) is 0 Å². The molecule has 0 spiro atoms. The molecule has 0 rings (SSSR count). The van der Waals surface area contributed by atoms with E-state index in [0.29, 0.717) is 0 Å². The van der Waals surface area contributed by atoms with Gasteiger partial charge >= 0.3 is 131 Å². The lowest BCUT2D eigenvalue weighted by molar-refractivity contribution is -0.478. The number of alkyl halides is 48. The van der Waals surface area contributed by atoms with Crippen molar-refractivity contribution in [3.63, 3.8) is 0 Å². The monoisotopic (exact) mass is 1500 g/mol. The van der Waals surface area contributed by atoms with Crippen LogP contribution in [0.3, 0.4) is 0 Å². The van der Waals surface area contributed by atoms with E-state index in [9.17, 15) is 202 Å². The standard InChI is InChI=1S/C30H14F46I2/c31-9(32,11(35,36)13(39,40)15(43,44)17(47,48)19(51,52)21(55,56)23(59,60)25(63,64)27(67,68)29(71,72)73)5-7(77)3-1-2-4-8(78)6-10(33,34)12(37,38)14(41,42)16(45,46)18(49,50)20(53,54)22(57,58)24(61,62)26(65,66)28(69,70)30(74,75)76/h7-8H,1-6H2. The van der Waals surface area contributed by atoms with Gasteiger partial charge in [0.1, 0.15) is 0 Å². The molecule has 0 aliphatic carbocycles. The molecular formula is C30H14F46I2. The summed E-state index contributed by atoms with van der Waals surface area (Å²) in [5.41, 5.74) is 0. The number of halogens is 48. The Bertz CT molecular complexity index is 1910. The number of hydrogen-bond acceptors (Lipinski definition) is 0. The van der Waals surface area contributed by atoms with Gasteiger partial charge in [0.25, 0.3) is 0 Å². The average molecular weight is 1500 g/mol. The van der Waals surface area contributed by atoms with Crippen LogP contribution in [0, 0.1) is 0 Å². The van der Waals surface area contributed by atoms with Gasteiger partial charge in [0.15, 0.2) is 0 Å². The normalized spacial score (nSPS) is 17.7. The first kappa shape index (κ1) is 76.2. The van der Waals surface area contributed by atoms with Crippen molar-refractivity contribution in [1.82, 2.24) is 0 Å². The van der Waals surface area contributed by atoms with Gasteiger partial charge in [-0.3, -0.25) is 0 Å². The first-order valence-electron chi connectivity index (χ1n) is 18.0. The Morgan fingerprint density at radius 2 is 0.295 bits per heavy atom. The quantitative estimate of drug-likeness (QED) is 0.0333. The molecule has 0 saturated heterocycles. The molecule has 48 heteroatoms. The van der Waals surface area contributed by atoms with Crippen molar-refractivity contribution < 1.29 is 202 Å². The highest BCUT2D eigenvalue weighted by Crippen LogP contribution is 2.70. The summed E-state index contributed by atoms with van der Waals surface area (Å²) >= 11 is 0.514. The van der Waals surface area contributed by atoms with Crippen LogP contribution in [0.15, 0.2) is 0 Å². The van der Waals surface area contributed by atoms with E-state index < -0.39 is 177 Å². The van der Waals surface area contributed by atoms with Crippen molar-refractivity contribution in [3.05, 3.63) is 0 Å². The van der Waals surface area contributed by atoms with Gasteiger partial charge in [-0.2, -0.15) is 202 Å². The van der Waals surface area contributed by atoms with Gasteiger partial charge in [0, 0.05) is 20.7 Å². The lowest BCUT2D eigenvalue weighted by Crippen LogP contribution is -2.77. The molecule has 0 radical (unpaired) electrons. The summed E-state index contributed by atoms with van der Waals surface area (Å²) in [5, 5.41) is 0. The van der Waals surface area contributed by atoms with Crippen LogP contribution in [0.2, 0.25) is 0 Å². The second-order valence-electron chi connectivity index (χ2n) is 15.6. The molecule has 0 fully saturated rings. The smallest absolute Gasteiger partial charge is 0.200 e. The van der Waals surface area contributed by atoms with Crippen molar-refractivity contribution in [1.29, 1.82) is 0 Å². The lowest BCUT2D eigenvalue weighted by Gasteiger charge is -2.45. The van der Waals surface area contributed by atoms with Crippen molar-refractivity contribution >= 4 is 45.2 Å². The fourth-order valence-corrected chi connectivity index (χ4v) is 7.31. The maximum atomic E-state index is 14.4. The van der Waals surface area contributed by atoms with Crippen molar-refractivity contribution in [3.8, 4) is 0 Å². The molecule has 0 aromatic rings. The Balaban J connectivity index is 6.60. The minimum absolute atomic E-state index is 0.257. The molecule has 0 N–H and O–H groups in total. The average Bonchev–Trinajstić information content (AvgIpc) is 3.19. The Labute approximate surface area is 423 Å². The Morgan fingerprint density at radius 1 is 0.179 bits per heavy atom. The number of unbranched alkanes of at least 4 members (excludes halogenated alkanes) is 1. The molecular weight excluding hydrogens is 1490 g/mol. The van der Waals surface area contributed by atoms with Gasteiger partial charge in [-0.25, -0.2) is 0 Å². The predicted octanol–water partition coefficient (Wildman–Crippen LogP) is 18.8. The van der Waals surface area contributed by atoms with Crippen LogP contribution in [0.4, 0.5) is 202 Å². The molecule has 0 amide bonds. The van der Waals surface area contributed by atoms with Crippen LogP contribution in [0.5, 0.6) is 0 Å². The molecule has 0 saturated carbocycles. The van der Waals surface area contributed by atoms with Crippen LogP contribution < -0.4 is 0 Å². The zero-order chi connectivity index (χ0) is 64.4. The first-order chi connectivity index (χ1) is 33.0. The fourth-order valence-electron chi connectivity index (χ4n) is 5.32. The van der Waals surface area contributed by atoms with E-state index in [4.69, 9.17) is 0 Å². The van der Waals surface area contributed by atoms with E-state index >= 15 is 0 Å². The first-order valence-corrected chi connectivity index (χ1v) is 20.5. The van der Waals surface area contributed by atoms with E-state index in [2.05, 4.69) is 0 Å². The molecule has 470 valence electrons. The number of rotatable bonds is 27. The molecule has 2 unspecified atom stereocenters. The molecule has 0 aromatic heterocycles. The third kappa shape index (κ3) is 10.4. The Morgan fingerprint density at radius 3 is 0.423 bits per heavy atom. The SMILES string of the molecule is FC(F)(F)C(F)(F)C(F)(F)C(F)(F)C(F)(F)C(F)(F)C(F)(F)C(F)(F)C(F)(F)C(F)(F)C(F)(F)CC(I)CCCCC(I)CC(F)(F)C(F)(F)C(F)(F)C(F)(F)C(F)(F)C(F)(F)C(F)(F)C(F)(F)C(F)(F)C(F)(F)C(F)(F)F. The summed E-state index contributed by atoms with van der Waals surface area (Å²) in [6, 6.07) is 0. The van der Waals surface area contributed by atoms with Crippen molar-refractivity contribution in [2.24, 2.45) is 0 Å². The summed E-state index contributed by atoms with van der Waals surface area (Å²) in [5.74, 6) is -182. The fraction of sp³-hybridized carbons (Fsp3) is 1.00. The molecule has 0 nitrogen and oxygen atoms in total. The van der Waals surface area contributed by atoms with Crippen LogP contribution in [-0.2, 0) is 0 Å². The largest absolute Gasteiger partial charge is 0.460 e. The second-order valence-corrected chi connectivity index (χ2v) is 19.2. The highest BCUT2D eigenvalue weighted by atomic mass is 127. The second kappa shape index (κ2) is 20.5. The molecule has 0 aromatic carbocycles. The molecule has 0 aliphatic heterocycles. The van der Waals surface area contributed by atoms with Crippen LogP contribution in [-0.4, -0.2) is 139 Å². The molecule has 0 heterocycles. The minimum Gasteiger partial charge on any atom is -0.200 e. The summed E-state index contributed by atoms with van der Waals surface area (Å²) in [6.07, 6.45) is -29.1. The number of hydrogen-bond donors (Lipinski definition) is 0. The van der Waals surface area contributed by atoms with Gasteiger partial charge in [-0.15, -0.1) is 0 Å². The van der Waals surface area contributed by atoms with E-state index in [1.807, 2.05) is 0 Å². The van der Waals surface area contributed by atoms with Gasteiger partial charge in [-0.05, 0) is 12.8 Å². The maximum absolute atomic E-state index is 14.4. The lowest BCUT2D eigenvalue weighted by atomic mass is 9.84. The zero-order valence-corrected chi connectivity index (χ0v) is 38.9. The van der Waals surface area contributed by atoms with E-state index in [-0.39, 0.29) is 45.2 Å². The predicted molar refractivity (Wildman–Crippen MR) is 174 cm³/mol. The molecule has 2 atom stereocenters. The third-order valence-electron chi connectivity index (χ3n) is 10.2. The van der Waals surface area contributed by atoms with Crippen LogP contribution in [0.1, 0.15) is 38.5 Å². The zero-order valence-electron chi connectivity index (χ0n) is 34.5. The van der Waals surface area contributed by atoms with Gasteiger partial charge in [-0.1, -0.05) is 58.0 Å². The van der Waals surface area contributed by atoms with Gasteiger partial charge in [0.2, 0.25) is 0 Å². The summed E-state index contributed by atoms with van der Waals surface area (Å²) in [7, 11) is 0.